The van der Waals surface area contributed by atoms with E-state index in [-0.39, 0.29) is 12.3 Å². The van der Waals surface area contributed by atoms with E-state index in [9.17, 15) is 8.42 Å². The van der Waals surface area contributed by atoms with Gasteiger partial charge >= 0.3 is 0 Å². The summed E-state index contributed by atoms with van der Waals surface area (Å²) in [6.07, 6.45) is 0. The monoisotopic (exact) mass is 252 g/mol. The molecule has 5 heteroatoms. The number of sulfone groups is 1. The van der Waals surface area contributed by atoms with Crippen LogP contribution in [0, 0.1) is 18.3 Å². The molecule has 0 radical (unpaired) electrons. The van der Waals surface area contributed by atoms with Gasteiger partial charge in [-0.3, -0.25) is 0 Å². The Morgan fingerprint density at radius 2 is 2.12 bits per heavy atom. The number of nitriles is 1. The molecular weight excluding hydrogens is 236 g/mol. The summed E-state index contributed by atoms with van der Waals surface area (Å²) in [6, 6.07) is 7.03. The summed E-state index contributed by atoms with van der Waals surface area (Å²) in [5, 5.41) is 8.18. The molecule has 0 saturated carbocycles. The molecule has 1 rings (SSSR count). The van der Waals surface area contributed by atoms with E-state index in [2.05, 4.69) is 0 Å². The molecule has 0 spiro atoms. The van der Waals surface area contributed by atoms with Gasteiger partial charge in [-0.05, 0) is 37.1 Å². The molecule has 0 amide bonds. The number of nitrogens with two attached hydrogens (primary N) is 1. The molecule has 1 aromatic rings. The predicted molar refractivity (Wildman–Crippen MR) is 67.0 cm³/mol. The summed E-state index contributed by atoms with van der Waals surface area (Å²) >= 11 is 0. The summed E-state index contributed by atoms with van der Waals surface area (Å²) in [7, 11) is -3.21. The summed E-state index contributed by atoms with van der Waals surface area (Å²) in [6.45, 7) is 3.53. The second kappa shape index (κ2) is 5.30. The van der Waals surface area contributed by atoms with E-state index in [1.54, 1.807) is 32.0 Å². The molecule has 1 aromatic carbocycles. The number of hydrogen-bond acceptors (Lipinski definition) is 4. The van der Waals surface area contributed by atoms with E-state index in [0.29, 0.717) is 5.56 Å². The Hall–Kier alpha value is -1.38. The molecule has 0 fully saturated rings. The lowest BCUT2D eigenvalue weighted by Crippen LogP contribution is -2.27. The minimum atomic E-state index is -3.21. The van der Waals surface area contributed by atoms with E-state index in [1.807, 2.05) is 6.07 Å². The maximum Gasteiger partial charge on any atom is 0.158 e. The van der Waals surface area contributed by atoms with E-state index >= 15 is 0 Å². The Kier molecular flexibility index (Phi) is 4.27. The van der Waals surface area contributed by atoms with Crippen LogP contribution in [0.25, 0.3) is 0 Å². The highest BCUT2D eigenvalue weighted by atomic mass is 32.2. The zero-order chi connectivity index (χ0) is 13.1. The van der Waals surface area contributed by atoms with Crippen molar-refractivity contribution in [2.24, 2.45) is 5.73 Å². The zero-order valence-corrected chi connectivity index (χ0v) is 10.8. The molecule has 0 aliphatic carbocycles. The zero-order valence-electron chi connectivity index (χ0n) is 9.97. The lowest BCUT2D eigenvalue weighted by atomic mass is 10.1. The average molecular weight is 252 g/mol. The topological polar surface area (TPSA) is 84.0 Å². The lowest BCUT2D eigenvalue weighted by molar-refractivity contribution is 0.583. The molecule has 92 valence electrons. The molecule has 0 aliphatic rings. The van der Waals surface area contributed by atoms with Crippen molar-refractivity contribution in [2.45, 2.75) is 24.9 Å². The molecule has 0 bridgehead atoms. The lowest BCUT2D eigenvalue weighted by Gasteiger charge is -2.12. The SMILES string of the molecule is Cc1cc(C#N)ccc1CS(=O)(=O)C(C)CN. The highest BCUT2D eigenvalue weighted by molar-refractivity contribution is 7.91. The fraction of sp³-hybridized carbons (Fsp3) is 0.417. The van der Waals surface area contributed by atoms with E-state index in [4.69, 9.17) is 11.0 Å². The smallest absolute Gasteiger partial charge is 0.158 e. The van der Waals surface area contributed by atoms with Crippen LogP contribution in [0.1, 0.15) is 23.6 Å². The van der Waals surface area contributed by atoms with Crippen LogP contribution in [0.5, 0.6) is 0 Å². The standard InChI is InChI=1S/C12H16N2O2S/c1-9-5-11(7-14)3-4-12(9)8-17(15,16)10(2)6-13/h3-5,10H,6,8,13H2,1-2H3. The van der Waals surface area contributed by atoms with Crippen LogP contribution in [0.4, 0.5) is 0 Å². The van der Waals surface area contributed by atoms with Crippen LogP contribution in [-0.2, 0) is 15.6 Å². The van der Waals surface area contributed by atoms with Gasteiger partial charge in [0.15, 0.2) is 9.84 Å². The predicted octanol–water partition coefficient (Wildman–Crippen LogP) is 1.13. The molecule has 0 saturated heterocycles. The van der Waals surface area contributed by atoms with Crippen molar-refractivity contribution < 1.29 is 8.42 Å². The van der Waals surface area contributed by atoms with Crippen molar-refractivity contribution >= 4 is 9.84 Å². The maximum absolute atomic E-state index is 11.9. The van der Waals surface area contributed by atoms with E-state index in [1.165, 1.54) is 0 Å². The molecule has 0 aliphatic heterocycles. The maximum atomic E-state index is 11.9. The fourth-order valence-electron chi connectivity index (χ4n) is 1.43. The molecule has 0 heterocycles. The van der Waals surface area contributed by atoms with Crippen molar-refractivity contribution in [3.63, 3.8) is 0 Å². The molecule has 0 aromatic heterocycles. The molecule has 2 N–H and O–H groups in total. The van der Waals surface area contributed by atoms with Crippen molar-refractivity contribution in [1.82, 2.24) is 0 Å². The van der Waals surface area contributed by atoms with Crippen molar-refractivity contribution in [3.05, 3.63) is 34.9 Å². The second-order valence-electron chi connectivity index (χ2n) is 4.11. The first kappa shape index (κ1) is 13.7. The Balaban J connectivity index is 3.02. The third-order valence-electron chi connectivity index (χ3n) is 2.77. The van der Waals surface area contributed by atoms with Gasteiger partial charge in [-0.1, -0.05) is 6.07 Å². The highest BCUT2D eigenvalue weighted by Crippen LogP contribution is 2.16. The van der Waals surface area contributed by atoms with Gasteiger partial charge in [0.1, 0.15) is 0 Å². The van der Waals surface area contributed by atoms with Crippen LogP contribution in [-0.4, -0.2) is 20.2 Å². The molecule has 1 unspecified atom stereocenters. The molecular formula is C12H16N2O2S. The minimum absolute atomic E-state index is 0.0249. The fourth-order valence-corrected chi connectivity index (χ4v) is 2.77. The van der Waals surface area contributed by atoms with Gasteiger partial charge in [-0.2, -0.15) is 5.26 Å². The second-order valence-corrected chi connectivity index (χ2v) is 6.53. The van der Waals surface area contributed by atoms with Crippen LogP contribution >= 0.6 is 0 Å². The first-order valence-corrected chi connectivity index (χ1v) is 7.03. The Morgan fingerprint density at radius 1 is 1.47 bits per heavy atom. The Labute approximate surface area is 102 Å². The first-order chi connectivity index (χ1) is 7.90. The molecule has 1 atom stereocenters. The van der Waals surface area contributed by atoms with Crippen molar-refractivity contribution in [1.29, 1.82) is 5.26 Å². The summed E-state index contributed by atoms with van der Waals surface area (Å²) < 4.78 is 23.8. The number of nitrogens with zero attached hydrogens (tertiary/aromatic N) is 1. The Morgan fingerprint density at radius 3 is 2.59 bits per heavy atom. The van der Waals surface area contributed by atoms with Crippen LogP contribution in [0.3, 0.4) is 0 Å². The van der Waals surface area contributed by atoms with Gasteiger partial charge in [0.05, 0.1) is 22.6 Å². The highest BCUT2D eigenvalue weighted by Gasteiger charge is 2.20. The summed E-state index contributed by atoms with van der Waals surface area (Å²) in [5.74, 6) is -0.0249. The van der Waals surface area contributed by atoms with Crippen LogP contribution < -0.4 is 5.73 Å². The van der Waals surface area contributed by atoms with Gasteiger partial charge in [-0.25, -0.2) is 8.42 Å². The largest absolute Gasteiger partial charge is 0.329 e. The van der Waals surface area contributed by atoms with E-state index < -0.39 is 15.1 Å². The third kappa shape index (κ3) is 3.29. The number of rotatable bonds is 4. The minimum Gasteiger partial charge on any atom is -0.329 e. The summed E-state index contributed by atoms with van der Waals surface area (Å²) in [4.78, 5) is 0. The number of hydrogen-bond donors (Lipinski definition) is 1. The van der Waals surface area contributed by atoms with Gasteiger partial charge in [0.25, 0.3) is 0 Å². The van der Waals surface area contributed by atoms with Crippen LogP contribution in [0.2, 0.25) is 0 Å². The normalized spacial score (nSPS) is 13.1. The van der Waals surface area contributed by atoms with Gasteiger partial charge < -0.3 is 5.73 Å². The first-order valence-electron chi connectivity index (χ1n) is 5.32. The average Bonchev–Trinajstić information content (AvgIpc) is 2.30. The third-order valence-corrected chi connectivity index (χ3v) is 4.91. The van der Waals surface area contributed by atoms with Gasteiger partial charge in [0, 0.05) is 6.54 Å². The number of aryl methyl sites for hydroxylation is 1. The molecule has 4 nitrogen and oxygen atoms in total. The molecule has 17 heavy (non-hydrogen) atoms. The van der Waals surface area contributed by atoms with Crippen LogP contribution in [0.15, 0.2) is 18.2 Å². The van der Waals surface area contributed by atoms with Gasteiger partial charge in [0.2, 0.25) is 0 Å². The van der Waals surface area contributed by atoms with Crippen molar-refractivity contribution in [2.75, 3.05) is 6.54 Å². The van der Waals surface area contributed by atoms with Crippen molar-refractivity contribution in [3.8, 4) is 6.07 Å². The number of benzene rings is 1. The quantitative estimate of drug-likeness (QED) is 0.870. The van der Waals surface area contributed by atoms with E-state index in [0.717, 1.165) is 11.1 Å². The van der Waals surface area contributed by atoms with Gasteiger partial charge in [-0.15, -0.1) is 0 Å². The summed E-state index contributed by atoms with van der Waals surface area (Å²) in [5.41, 5.74) is 7.45. The Bertz CT molecular complexity index is 544.